The first-order chi connectivity index (χ1) is 15.0. The number of hydrogen-bond acceptors (Lipinski definition) is 10. The average molecular weight is 452 g/mol. The van der Waals surface area contributed by atoms with Crippen molar-refractivity contribution in [3.05, 3.63) is 30.1 Å². The molecule has 11 nitrogen and oxygen atoms in total. The van der Waals surface area contributed by atoms with Crippen LogP contribution in [0.1, 0.15) is 51.2 Å². The van der Waals surface area contributed by atoms with Gasteiger partial charge in [-0.2, -0.15) is 4.57 Å². The summed E-state index contributed by atoms with van der Waals surface area (Å²) < 4.78 is 28.7. The van der Waals surface area contributed by atoms with E-state index in [9.17, 15) is 24.0 Å². The zero-order chi connectivity index (χ0) is 24.0. The number of hydrogen-bond donors (Lipinski definition) is 0. The summed E-state index contributed by atoms with van der Waals surface area (Å²) >= 11 is 0. The molecule has 1 saturated heterocycles. The van der Waals surface area contributed by atoms with Gasteiger partial charge in [-0.05, 0) is 13.0 Å². The van der Waals surface area contributed by atoms with E-state index in [1.165, 1.54) is 24.6 Å². The Labute approximate surface area is 184 Å². The summed E-state index contributed by atoms with van der Waals surface area (Å²) in [6.07, 6.45) is -2.91. The Balaban J connectivity index is 2.58. The minimum atomic E-state index is -1.28. The quantitative estimate of drug-likeness (QED) is 0.248. The molecule has 2 rings (SSSR count). The molecule has 1 aromatic rings. The molecule has 0 radical (unpaired) electrons. The molecular weight excluding hydrogens is 426 g/mol. The molecule has 1 aromatic heterocycles. The maximum Gasteiger partial charge on any atom is 0.304 e. The van der Waals surface area contributed by atoms with Crippen molar-refractivity contribution in [1.82, 2.24) is 0 Å². The number of nitrogens with zero attached hydrogens (tertiary/aromatic N) is 1. The third kappa shape index (κ3) is 6.58. The van der Waals surface area contributed by atoms with E-state index in [1.54, 1.807) is 18.3 Å². The third-order valence-electron chi connectivity index (χ3n) is 4.49. The minimum absolute atomic E-state index is 0.218. The van der Waals surface area contributed by atoms with E-state index in [4.69, 9.17) is 23.7 Å². The van der Waals surface area contributed by atoms with Crippen molar-refractivity contribution in [3.8, 4) is 0 Å². The van der Waals surface area contributed by atoms with Gasteiger partial charge in [0.1, 0.15) is 12.7 Å². The lowest BCUT2D eigenvalue weighted by Gasteiger charge is -2.41. The summed E-state index contributed by atoms with van der Waals surface area (Å²) in [5.41, 5.74) is 0.348. The first-order valence-electron chi connectivity index (χ1n) is 9.81. The highest BCUT2D eigenvalue weighted by Crippen LogP contribution is 2.32. The molecule has 5 atom stereocenters. The van der Waals surface area contributed by atoms with Crippen LogP contribution in [0.4, 0.5) is 0 Å². The molecule has 1 aliphatic heterocycles. The molecule has 2 heterocycles. The Bertz CT molecular complexity index is 898. The molecule has 0 aromatic carbocycles. The van der Waals surface area contributed by atoms with Gasteiger partial charge in [0.2, 0.25) is 6.10 Å². The van der Waals surface area contributed by atoms with Crippen molar-refractivity contribution in [2.45, 2.75) is 65.3 Å². The molecule has 0 saturated carbocycles. The fraction of sp³-hybridized carbons (Fsp3) is 0.524. The highest BCUT2D eigenvalue weighted by molar-refractivity contribution is 5.93. The Morgan fingerprint density at radius 1 is 0.844 bits per heavy atom. The molecule has 0 bridgehead atoms. The number of pyridine rings is 1. The summed E-state index contributed by atoms with van der Waals surface area (Å²) in [5.74, 6) is -2.97. The second-order valence-electron chi connectivity index (χ2n) is 7.19. The Kier molecular flexibility index (Phi) is 8.41. The predicted octanol–water partition coefficient (Wildman–Crippen LogP) is 0.432. The Hall–Kier alpha value is -3.34. The summed E-state index contributed by atoms with van der Waals surface area (Å²) in [7, 11) is 0. The fourth-order valence-corrected chi connectivity index (χ4v) is 3.30. The van der Waals surface area contributed by atoms with Gasteiger partial charge >= 0.3 is 30.1 Å². The van der Waals surface area contributed by atoms with Crippen LogP contribution in [0.25, 0.3) is 0 Å². The largest absolute Gasteiger partial charge is 0.463 e. The fourth-order valence-electron chi connectivity index (χ4n) is 3.30. The third-order valence-corrected chi connectivity index (χ3v) is 4.49. The van der Waals surface area contributed by atoms with Crippen molar-refractivity contribution in [2.24, 2.45) is 0 Å². The standard InChI is InChI=1S/C21H26NO10/c1-11(23)16-7-6-8-22(9-16)21-20(31-15(5)27)19(30-14(4)26)18(29-13(3)25)17(32-21)10-28-12(2)24/h6-9,17-21H,10H2,1-5H3/q+1/t17-,18-,19+,20-,21-/m1/s1. The van der Waals surface area contributed by atoms with Crippen LogP contribution in [0.2, 0.25) is 0 Å². The van der Waals surface area contributed by atoms with Gasteiger partial charge < -0.3 is 23.7 Å². The zero-order valence-corrected chi connectivity index (χ0v) is 18.4. The van der Waals surface area contributed by atoms with Crippen LogP contribution in [0, 0.1) is 0 Å². The summed E-state index contributed by atoms with van der Waals surface area (Å²) in [4.78, 5) is 58.7. The molecule has 0 N–H and O–H groups in total. The van der Waals surface area contributed by atoms with Gasteiger partial charge in [-0.15, -0.1) is 0 Å². The molecule has 0 unspecified atom stereocenters. The molecule has 0 aliphatic carbocycles. The first-order valence-corrected chi connectivity index (χ1v) is 9.81. The minimum Gasteiger partial charge on any atom is -0.463 e. The molecule has 1 aliphatic rings. The maximum atomic E-state index is 11.9. The number of esters is 4. The van der Waals surface area contributed by atoms with Crippen molar-refractivity contribution in [1.29, 1.82) is 0 Å². The van der Waals surface area contributed by atoms with Gasteiger partial charge in [-0.25, -0.2) is 0 Å². The SMILES string of the molecule is CC(=O)OC[C@H]1O[C@@H]([n+]2cccc(C(C)=O)c2)[C@H](OC(C)=O)[C@@H](OC(C)=O)[C@@H]1OC(C)=O. The van der Waals surface area contributed by atoms with Gasteiger partial charge in [0.25, 0.3) is 0 Å². The zero-order valence-electron chi connectivity index (χ0n) is 18.4. The molecular formula is C21H26NO10+. The van der Waals surface area contributed by atoms with Crippen molar-refractivity contribution in [3.63, 3.8) is 0 Å². The molecule has 0 spiro atoms. The second-order valence-corrected chi connectivity index (χ2v) is 7.19. The number of carbonyl (C=O) groups excluding carboxylic acids is 5. The van der Waals surface area contributed by atoms with Crippen LogP contribution < -0.4 is 4.57 Å². The van der Waals surface area contributed by atoms with E-state index >= 15 is 0 Å². The normalized spacial score (nSPS) is 24.7. The van der Waals surface area contributed by atoms with E-state index in [2.05, 4.69) is 0 Å². The summed E-state index contributed by atoms with van der Waals surface area (Å²) in [6.45, 7) is 5.69. The lowest BCUT2D eigenvalue weighted by Crippen LogP contribution is -2.65. The van der Waals surface area contributed by atoms with E-state index in [1.807, 2.05) is 0 Å². The van der Waals surface area contributed by atoms with Crippen molar-refractivity contribution in [2.75, 3.05) is 6.61 Å². The molecule has 0 amide bonds. The number of aromatic nitrogens is 1. The number of rotatable bonds is 7. The van der Waals surface area contributed by atoms with Gasteiger partial charge in [0.05, 0.1) is 5.56 Å². The average Bonchev–Trinajstić information content (AvgIpc) is 2.68. The van der Waals surface area contributed by atoms with Crippen LogP contribution in [-0.2, 0) is 42.9 Å². The highest BCUT2D eigenvalue weighted by Gasteiger charge is 2.56. The van der Waals surface area contributed by atoms with Crippen LogP contribution in [-0.4, -0.2) is 60.7 Å². The van der Waals surface area contributed by atoms with Crippen LogP contribution in [0.15, 0.2) is 24.5 Å². The lowest BCUT2D eigenvalue weighted by atomic mass is 9.97. The van der Waals surface area contributed by atoms with Gasteiger partial charge in [0.15, 0.2) is 30.4 Å². The number of Topliss-reactive ketones (excluding diaryl/α,β-unsaturated/α-hetero) is 1. The van der Waals surface area contributed by atoms with Crippen molar-refractivity contribution < 1.29 is 52.2 Å². The second kappa shape index (κ2) is 10.8. The van der Waals surface area contributed by atoms with Gasteiger partial charge in [-0.3, -0.25) is 24.0 Å². The molecule has 11 heteroatoms. The Morgan fingerprint density at radius 2 is 1.41 bits per heavy atom. The van der Waals surface area contributed by atoms with E-state index in [0.29, 0.717) is 5.56 Å². The summed E-state index contributed by atoms with van der Waals surface area (Å²) in [6, 6.07) is 3.18. The number of ether oxygens (including phenoxy) is 5. The topological polar surface area (TPSA) is 135 Å². The van der Waals surface area contributed by atoms with Gasteiger partial charge in [-0.1, -0.05) is 0 Å². The van der Waals surface area contributed by atoms with Crippen LogP contribution >= 0.6 is 0 Å². The van der Waals surface area contributed by atoms with E-state index in [-0.39, 0.29) is 12.4 Å². The molecule has 1 fully saturated rings. The van der Waals surface area contributed by atoms with E-state index < -0.39 is 54.5 Å². The monoisotopic (exact) mass is 452 g/mol. The molecule has 32 heavy (non-hydrogen) atoms. The smallest absolute Gasteiger partial charge is 0.304 e. The van der Waals surface area contributed by atoms with Gasteiger partial charge in [0, 0.05) is 33.8 Å². The maximum absolute atomic E-state index is 11.9. The molecule has 174 valence electrons. The number of ketones is 1. The summed E-state index contributed by atoms with van der Waals surface area (Å²) in [5, 5.41) is 0. The van der Waals surface area contributed by atoms with Crippen molar-refractivity contribution >= 4 is 29.7 Å². The predicted molar refractivity (Wildman–Crippen MR) is 104 cm³/mol. The highest BCUT2D eigenvalue weighted by atomic mass is 16.7. The number of carbonyl (C=O) groups is 5. The van der Waals surface area contributed by atoms with Crippen LogP contribution in [0.3, 0.4) is 0 Å². The first kappa shape index (κ1) is 24.9. The Morgan fingerprint density at radius 3 is 1.94 bits per heavy atom. The van der Waals surface area contributed by atoms with Crippen LogP contribution in [0.5, 0.6) is 0 Å². The lowest BCUT2D eigenvalue weighted by molar-refractivity contribution is -0.777. The van der Waals surface area contributed by atoms with E-state index in [0.717, 1.165) is 20.8 Å².